The van der Waals surface area contributed by atoms with Gasteiger partial charge in [0.15, 0.2) is 0 Å². The highest BCUT2D eigenvalue weighted by Crippen LogP contribution is 2.31. The summed E-state index contributed by atoms with van der Waals surface area (Å²) in [7, 11) is -3.47. The summed E-state index contributed by atoms with van der Waals surface area (Å²) in [4.78, 5) is 29.6. The lowest BCUT2D eigenvalue weighted by atomic mass is 9.97. The fraction of sp³-hybridized carbons (Fsp3) is 0.652. The summed E-state index contributed by atoms with van der Waals surface area (Å²) >= 11 is 0. The maximum Gasteiger partial charge on any atom is 0.243 e. The second-order valence-electron chi connectivity index (χ2n) is 9.02. The van der Waals surface area contributed by atoms with E-state index in [1.165, 1.54) is 0 Å². The Morgan fingerprint density at radius 2 is 1.84 bits per heavy atom. The van der Waals surface area contributed by atoms with Crippen LogP contribution in [0, 0.1) is 5.92 Å². The molecule has 0 radical (unpaired) electrons. The smallest absolute Gasteiger partial charge is 0.243 e. The molecule has 32 heavy (non-hydrogen) atoms. The predicted molar refractivity (Wildman–Crippen MR) is 123 cm³/mol. The third kappa shape index (κ3) is 4.84. The molecule has 9 heteroatoms. The molecule has 3 heterocycles. The SMILES string of the molecule is CCNC(=O)C1CCCN(CC(=O)N2CCCc3cc(S(=O)(=O)N4CCCC4)ccc32)C1. The van der Waals surface area contributed by atoms with Crippen molar-refractivity contribution in [1.29, 1.82) is 0 Å². The highest BCUT2D eigenvalue weighted by atomic mass is 32.2. The van der Waals surface area contributed by atoms with Crippen molar-refractivity contribution in [3.63, 3.8) is 0 Å². The van der Waals surface area contributed by atoms with Crippen LogP contribution in [-0.2, 0) is 26.0 Å². The van der Waals surface area contributed by atoms with Crippen molar-refractivity contribution in [3.8, 4) is 0 Å². The number of hydrogen-bond donors (Lipinski definition) is 1. The van der Waals surface area contributed by atoms with Gasteiger partial charge in [0.25, 0.3) is 0 Å². The first-order chi connectivity index (χ1) is 15.4. The molecule has 1 atom stereocenters. The number of likely N-dealkylation sites (tertiary alicyclic amines) is 1. The molecule has 8 nitrogen and oxygen atoms in total. The van der Waals surface area contributed by atoms with Crippen LogP contribution in [0.4, 0.5) is 5.69 Å². The first-order valence-corrected chi connectivity index (χ1v) is 13.3. The van der Waals surface area contributed by atoms with Crippen LogP contribution in [-0.4, -0.2) is 75.3 Å². The molecule has 0 spiro atoms. The standard InChI is InChI=1S/C23H34N4O4S/c1-2-24-23(29)19-8-5-11-25(16-19)17-22(28)27-14-6-7-18-15-20(9-10-21(18)27)32(30,31)26-12-3-4-13-26/h9-10,15,19H,2-8,11-14,16-17H2,1H3,(H,24,29). The van der Waals surface area contributed by atoms with Crippen LogP contribution in [0.1, 0.15) is 44.6 Å². The summed E-state index contributed by atoms with van der Waals surface area (Å²) in [6.07, 6.45) is 5.16. The maximum atomic E-state index is 13.2. The molecule has 3 aliphatic heterocycles. The number of fused-ring (bicyclic) bond motifs is 1. The summed E-state index contributed by atoms with van der Waals surface area (Å²) in [5, 5.41) is 2.89. The normalized spacial score (nSPS) is 22.5. The largest absolute Gasteiger partial charge is 0.356 e. The Hall–Kier alpha value is -1.97. The minimum Gasteiger partial charge on any atom is -0.356 e. The monoisotopic (exact) mass is 462 g/mol. The Morgan fingerprint density at radius 1 is 1.06 bits per heavy atom. The number of nitrogens with zero attached hydrogens (tertiary/aromatic N) is 3. The van der Waals surface area contributed by atoms with Crippen molar-refractivity contribution in [2.45, 2.75) is 50.3 Å². The highest BCUT2D eigenvalue weighted by molar-refractivity contribution is 7.89. The van der Waals surface area contributed by atoms with E-state index in [9.17, 15) is 18.0 Å². The Morgan fingerprint density at radius 3 is 2.59 bits per heavy atom. The van der Waals surface area contributed by atoms with Gasteiger partial charge < -0.3 is 10.2 Å². The van der Waals surface area contributed by atoms with Gasteiger partial charge in [-0.3, -0.25) is 14.5 Å². The van der Waals surface area contributed by atoms with Crippen molar-refractivity contribution in [2.75, 3.05) is 50.7 Å². The number of carbonyl (C=O) groups excluding carboxylic acids is 2. The first-order valence-electron chi connectivity index (χ1n) is 11.8. The number of nitrogens with one attached hydrogen (secondary N) is 1. The molecule has 0 saturated carbocycles. The maximum absolute atomic E-state index is 13.2. The number of benzene rings is 1. The van der Waals surface area contributed by atoms with Gasteiger partial charge in [-0.1, -0.05) is 0 Å². The number of rotatable bonds is 6. The van der Waals surface area contributed by atoms with Gasteiger partial charge in [0.05, 0.1) is 17.4 Å². The number of amides is 2. The molecule has 2 amide bonds. The fourth-order valence-corrected chi connectivity index (χ4v) is 6.65. The Labute approximate surface area is 191 Å². The summed E-state index contributed by atoms with van der Waals surface area (Å²) < 4.78 is 27.4. The van der Waals surface area contributed by atoms with Gasteiger partial charge in [-0.05, 0) is 75.8 Å². The van der Waals surface area contributed by atoms with E-state index in [1.807, 2.05) is 6.92 Å². The summed E-state index contributed by atoms with van der Waals surface area (Å²) in [5.74, 6) is 0.0147. The predicted octanol–water partition coefficient (Wildman–Crippen LogP) is 1.60. The number of hydrogen-bond acceptors (Lipinski definition) is 5. The highest BCUT2D eigenvalue weighted by Gasteiger charge is 2.31. The van der Waals surface area contributed by atoms with Gasteiger partial charge in [-0.25, -0.2) is 8.42 Å². The molecule has 2 saturated heterocycles. The first kappa shape index (κ1) is 23.2. The zero-order valence-electron chi connectivity index (χ0n) is 18.9. The summed E-state index contributed by atoms with van der Waals surface area (Å²) in [6, 6.07) is 5.20. The van der Waals surface area contributed by atoms with E-state index >= 15 is 0 Å². The molecule has 3 aliphatic rings. The number of carbonyl (C=O) groups is 2. The van der Waals surface area contributed by atoms with Crippen molar-refractivity contribution < 1.29 is 18.0 Å². The number of sulfonamides is 1. The number of anilines is 1. The van der Waals surface area contributed by atoms with E-state index in [0.29, 0.717) is 37.6 Å². The fourth-order valence-electron chi connectivity index (χ4n) is 5.08. The number of aryl methyl sites for hydroxylation is 1. The van der Waals surface area contributed by atoms with Crippen molar-refractivity contribution >= 4 is 27.5 Å². The zero-order chi connectivity index (χ0) is 22.7. The molecule has 0 bridgehead atoms. The van der Waals surface area contributed by atoms with Crippen LogP contribution >= 0.6 is 0 Å². The molecule has 1 N–H and O–H groups in total. The van der Waals surface area contributed by atoms with E-state index in [4.69, 9.17) is 0 Å². The van der Waals surface area contributed by atoms with Crippen molar-refractivity contribution in [1.82, 2.24) is 14.5 Å². The van der Waals surface area contributed by atoms with E-state index in [0.717, 1.165) is 56.3 Å². The second kappa shape index (κ2) is 9.89. The van der Waals surface area contributed by atoms with E-state index < -0.39 is 10.0 Å². The molecule has 1 aromatic carbocycles. The molecule has 2 fully saturated rings. The van der Waals surface area contributed by atoms with Crippen LogP contribution in [0.15, 0.2) is 23.1 Å². The number of piperidine rings is 1. The average Bonchev–Trinajstić information content (AvgIpc) is 3.34. The zero-order valence-corrected chi connectivity index (χ0v) is 19.7. The van der Waals surface area contributed by atoms with Crippen LogP contribution in [0.2, 0.25) is 0 Å². The average molecular weight is 463 g/mol. The Bertz CT molecular complexity index is 959. The Balaban J connectivity index is 1.46. The lowest BCUT2D eigenvalue weighted by molar-refractivity contribution is -0.128. The molecular weight excluding hydrogens is 428 g/mol. The van der Waals surface area contributed by atoms with Crippen LogP contribution in [0.3, 0.4) is 0 Å². The van der Waals surface area contributed by atoms with Gasteiger partial charge in [0.2, 0.25) is 21.8 Å². The quantitative estimate of drug-likeness (QED) is 0.694. The molecule has 0 aliphatic carbocycles. The molecule has 176 valence electrons. The van der Waals surface area contributed by atoms with Gasteiger partial charge in [-0.15, -0.1) is 0 Å². The summed E-state index contributed by atoms with van der Waals surface area (Å²) in [5.41, 5.74) is 1.74. The third-order valence-corrected chi connectivity index (χ3v) is 8.65. The van der Waals surface area contributed by atoms with Gasteiger partial charge in [-0.2, -0.15) is 4.31 Å². The lowest BCUT2D eigenvalue weighted by Crippen LogP contribution is -2.48. The lowest BCUT2D eigenvalue weighted by Gasteiger charge is -2.35. The van der Waals surface area contributed by atoms with E-state index in [2.05, 4.69) is 10.2 Å². The van der Waals surface area contributed by atoms with E-state index in [-0.39, 0.29) is 24.3 Å². The van der Waals surface area contributed by atoms with Crippen molar-refractivity contribution in [3.05, 3.63) is 23.8 Å². The molecule has 0 aromatic heterocycles. The molecule has 4 rings (SSSR count). The molecule has 1 unspecified atom stereocenters. The van der Waals surface area contributed by atoms with Gasteiger partial charge in [0, 0.05) is 38.4 Å². The second-order valence-corrected chi connectivity index (χ2v) is 11.0. The Kier molecular flexibility index (Phi) is 7.17. The summed E-state index contributed by atoms with van der Waals surface area (Å²) in [6.45, 7) is 6.03. The molecule has 1 aromatic rings. The van der Waals surface area contributed by atoms with Crippen LogP contribution in [0.25, 0.3) is 0 Å². The van der Waals surface area contributed by atoms with Gasteiger partial charge in [0.1, 0.15) is 0 Å². The minimum absolute atomic E-state index is 0.0117. The van der Waals surface area contributed by atoms with Crippen LogP contribution in [0.5, 0.6) is 0 Å². The third-order valence-electron chi connectivity index (χ3n) is 6.76. The van der Waals surface area contributed by atoms with Crippen molar-refractivity contribution in [2.24, 2.45) is 5.92 Å². The molecular formula is C23H34N4O4S. The topological polar surface area (TPSA) is 90.0 Å². The van der Waals surface area contributed by atoms with E-state index in [1.54, 1.807) is 27.4 Å². The minimum atomic E-state index is -3.47. The van der Waals surface area contributed by atoms with Gasteiger partial charge >= 0.3 is 0 Å². The van der Waals surface area contributed by atoms with Crippen LogP contribution < -0.4 is 10.2 Å².